The van der Waals surface area contributed by atoms with Gasteiger partial charge in [0, 0.05) is 13.6 Å². The Labute approximate surface area is 63.9 Å². The molecule has 0 aliphatic carbocycles. The van der Waals surface area contributed by atoms with Gasteiger partial charge in [0.1, 0.15) is 0 Å². The Morgan fingerprint density at radius 2 is 1.90 bits per heavy atom. The van der Waals surface area contributed by atoms with Gasteiger partial charge in [-0.3, -0.25) is 4.99 Å². The van der Waals surface area contributed by atoms with Gasteiger partial charge in [0.2, 0.25) is 0 Å². The number of nitrogens with zero attached hydrogens (tertiary/aromatic N) is 2. The van der Waals surface area contributed by atoms with Crippen LogP contribution in [-0.4, -0.2) is 30.4 Å². The first-order valence-electron chi connectivity index (χ1n) is 3.71. The Bertz CT molecular complexity index is 111. The zero-order valence-corrected chi connectivity index (χ0v) is 7.68. The Kier molecular flexibility index (Phi) is 3.40. The summed E-state index contributed by atoms with van der Waals surface area (Å²) in [6, 6.07) is 0. The van der Waals surface area contributed by atoms with Crippen molar-refractivity contribution in [2.45, 2.75) is 33.2 Å². The summed E-state index contributed by atoms with van der Waals surface area (Å²) in [5.74, 6) is 0. The van der Waals surface area contributed by atoms with Crippen molar-refractivity contribution in [2.75, 3.05) is 13.6 Å². The fourth-order valence-corrected chi connectivity index (χ4v) is 0.353. The average Bonchev–Trinajstić information content (AvgIpc) is 1.81. The molecule has 0 atom stereocenters. The molecule has 0 aliphatic rings. The second-order valence-corrected chi connectivity index (χ2v) is 3.49. The lowest BCUT2D eigenvalue weighted by atomic mass is 10.1. The third-order valence-electron chi connectivity index (χ3n) is 1.14. The van der Waals surface area contributed by atoms with Gasteiger partial charge in [-0.05, 0) is 27.7 Å². The number of hydrogen-bond acceptors (Lipinski definition) is 1. The van der Waals surface area contributed by atoms with E-state index in [1.807, 2.05) is 13.4 Å². The quantitative estimate of drug-likeness (QED) is 0.424. The van der Waals surface area contributed by atoms with Crippen LogP contribution in [0.2, 0.25) is 0 Å². The minimum absolute atomic E-state index is 0.0590. The van der Waals surface area contributed by atoms with Crippen LogP contribution < -0.4 is 0 Å². The van der Waals surface area contributed by atoms with Gasteiger partial charge in [0.05, 0.1) is 11.9 Å². The van der Waals surface area contributed by atoms with E-state index in [9.17, 15) is 0 Å². The van der Waals surface area contributed by atoms with Crippen LogP contribution in [0.5, 0.6) is 0 Å². The smallest absolute Gasteiger partial charge is 0.0853 e. The van der Waals surface area contributed by atoms with E-state index in [0.717, 1.165) is 6.54 Å². The summed E-state index contributed by atoms with van der Waals surface area (Å²) in [5, 5.41) is 0. The van der Waals surface area contributed by atoms with Gasteiger partial charge >= 0.3 is 0 Å². The van der Waals surface area contributed by atoms with Crippen molar-refractivity contribution in [3.05, 3.63) is 0 Å². The first-order chi connectivity index (χ1) is 4.45. The van der Waals surface area contributed by atoms with E-state index >= 15 is 0 Å². The van der Waals surface area contributed by atoms with Crippen LogP contribution in [0.4, 0.5) is 0 Å². The summed E-state index contributed by atoms with van der Waals surface area (Å²) < 4.78 is 0. The van der Waals surface area contributed by atoms with Gasteiger partial charge in [0.15, 0.2) is 0 Å². The fourth-order valence-electron chi connectivity index (χ4n) is 0.353. The van der Waals surface area contributed by atoms with Crippen molar-refractivity contribution >= 4 is 6.34 Å². The molecule has 0 unspecified atom stereocenters. The molecule has 0 aromatic heterocycles. The monoisotopic (exact) mass is 142 g/mol. The summed E-state index contributed by atoms with van der Waals surface area (Å²) in [4.78, 5) is 6.39. The molecule has 0 aliphatic heterocycles. The van der Waals surface area contributed by atoms with Crippen molar-refractivity contribution in [2.24, 2.45) is 4.99 Å². The molecule has 0 N–H and O–H groups in total. The number of aliphatic imine (C=N–C) groups is 1. The average molecular weight is 142 g/mol. The van der Waals surface area contributed by atoms with Gasteiger partial charge < -0.3 is 4.90 Å². The zero-order chi connectivity index (χ0) is 8.20. The first kappa shape index (κ1) is 9.47. The summed E-state index contributed by atoms with van der Waals surface area (Å²) in [5.41, 5.74) is 0.0590. The first-order valence-corrected chi connectivity index (χ1v) is 3.71. The molecular formula is C8H18N2. The van der Waals surface area contributed by atoms with E-state index in [4.69, 9.17) is 0 Å². The second kappa shape index (κ2) is 3.59. The molecule has 0 saturated carbocycles. The molecule has 2 nitrogen and oxygen atoms in total. The molecule has 0 fully saturated rings. The number of rotatable bonds is 2. The summed E-state index contributed by atoms with van der Waals surface area (Å²) >= 11 is 0. The molecule has 0 spiro atoms. The van der Waals surface area contributed by atoms with Crippen LogP contribution in [0, 0.1) is 0 Å². The molecule has 10 heavy (non-hydrogen) atoms. The van der Waals surface area contributed by atoms with Gasteiger partial charge in [-0.2, -0.15) is 0 Å². The van der Waals surface area contributed by atoms with E-state index in [2.05, 4.69) is 37.6 Å². The highest BCUT2D eigenvalue weighted by atomic mass is 15.1. The third kappa shape index (κ3) is 5.60. The van der Waals surface area contributed by atoms with Crippen molar-refractivity contribution in [3.63, 3.8) is 0 Å². The molecule has 0 bridgehead atoms. The normalized spacial score (nSPS) is 12.5. The molecule has 0 saturated heterocycles. The van der Waals surface area contributed by atoms with E-state index < -0.39 is 0 Å². The van der Waals surface area contributed by atoms with Gasteiger partial charge in [0.25, 0.3) is 0 Å². The summed E-state index contributed by atoms with van der Waals surface area (Å²) in [6.45, 7) is 9.39. The Hall–Kier alpha value is -0.530. The third-order valence-corrected chi connectivity index (χ3v) is 1.14. The minimum Gasteiger partial charge on any atom is -0.366 e. The lowest BCUT2D eigenvalue weighted by Crippen LogP contribution is -2.19. The molecule has 0 aromatic carbocycles. The second-order valence-electron chi connectivity index (χ2n) is 3.49. The predicted molar refractivity (Wildman–Crippen MR) is 46.5 cm³/mol. The van der Waals surface area contributed by atoms with Gasteiger partial charge in [-0.15, -0.1) is 0 Å². The molecule has 2 heteroatoms. The van der Waals surface area contributed by atoms with E-state index in [1.54, 1.807) is 0 Å². The molecule has 0 heterocycles. The Morgan fingerprint density at radius 1 is 1.40 bits per heavy atom. The van der Waals surface area contributed by atoms with Gasteiger partial charge in [-0.1, -0.05) is 0 Å². The van der Waals surface area contributed by atoms with Crippen molar-refractivity contribution in [1.82, 2.24) is 4.90 Å². The molecule has 0 radical (unpaired) electrons. The minimum atomic E-state index is 0.0590. The largest absolute Gasteiger partial charge is 0.366 e. The van der Waals surface area contributed by atoms with Crippen LogP contribution in [-0.2, 0) is 0 Å². The van der Waals surface area contributed by atoms with E-state index in [0.29, 0.717) is 0 Å². The Balaban J connectivity index is 3.75. The lowest BCUT2D eigenvalue weighted by molar-refractivity contribution is 0.522. The maximum atomic E-state index is 4.33. The van der Waals surface area contributed by atoms with E-state index in [-0.39, 0.29) is 5.54 Å². The zero-order valence-electron chi connectivity index (χ0n) is 7.68. The highest BCUT2D eigenvalue weighted by molar-refractivity contribution is 5.54. The van der Waals surface area contributed by atoms with Gasteiger partial charge in [-0.25, -0.2) is 0 Å². The SMILES string of the molecule is CCN(C)/C=N/C(C)(C)C. The maximum Gasteiger partial charge on any atom is 0.0853 e. The van der Waals surface area contributed by atoms with E-state index in [1.165, 1.54) is 0 Å². The van der Waals surface area contributed by atoms with Crippen LogP contribution in [0.1, 0.15) is 27.7 Å². The Morgan fingerprint density at radius 3 is 2.20 bits per heavy atom. The fraction of sp³-hybridized carbons (Fsp3) is 0.875. The molecular weight excluding hydrogens is 124 g/mol. The van der Waals surface area contributed by atoms with Crippen LogP contribution in [0.3, 0.4) is 0 Å². The molecule has 0 aromatic rings. The van der Waals surface area contributed by atoms with Crippen LogP contribution in [0.25, 0.3) is 0 Å². The van der Waals surface area contributed by atoms with Crippen LogP contribution in [0.15, 0.2) is 4.99 Å². The maximum absolute atomic E-state index is 4.33. The number of hydrogen-bond donors (Lipinski definition) is 0. The summed E-state index contributed by atoms with van der Waals surface area (Å²) in [6.07, 6.45) is 1.89. The van der Waals surface area contributed by atoms with Crippen molar-refractivity contribution < 1.29 is 0 Å². The molecule has 60 valence electrons. The molecule has 0 amide bonds. The molecule has 0 rings (SSSR count). The highest BCUT2D eigenvalue weighted by Crippen LogP contribution is 2.04. The standard InChI is InChI=1S/C8H18N2/c1-6-10(5)7-9-8(2,3)4/h7H,6H2,1-5H3/b9-7+. The lowest BCUT2D eigenvalue weighted by Gasteiger charge is -2.15. The van der Waals surface area contributed by atoms with Crippen LogP contribution >= 0.6 is 0 Å². The van der Waals surface area contributed by atoms with Crippen molar-refractivity contribution in [3.8, 4) is 0 Å². The summed E-state index contributed by atoms with van der Waals surface area (Å²) in [7, 11) is 2.02. The predicted octanol–water partition coefficient (Wildman–Crippen LogP) is 1.76. The highest BCUT2D eigenvalue weighted by Gasteiger charge is 2.04. The van der Waals surface area contributed by atoms with Crippen molar-refractivity contribution in [1.29, 1.82) is 0 Å². The topological polar surface area (TPSA) is 15.6 Å².